The average molecular weight is 199 g/mol. The maximum absolute atomic E-state index is 10.7. The van der Waals surface area contributed by atoms with Gasteiger partial charge in [0.05, 0.1) is 6.61 Å². The first kappa shape index (κ1) is 11.3. The van der Waals surface area contributed by atoms with Crippen molar-refractivity contribution in [3.63, 3.8) is 0 Å². The van der Waals surface area contributed by atoms with Crippen molar-refractivity contribution in [1.29, 1.82) is 0 Å². The second-order valence-corrected chi connectivity index (χ2v) is 3.63. The van der Waals surface area contributed by atoms with Crippen molar-refractivity contribution in [2.24, 2.45) is 5.73 Å². The molecule has 0 aromatic heterocycles. The van der Waals surface area contributed by atoms with Gasteiger partial charge in [-0.2, -0.15) is 8.42 Å². The van der Waals surface area contributed by atoms with Crippen molar-refractivity contribution in [2.45, 2.75) is 12.0 Å². The van der Waals surface area contributed by atoms with E-state index in [0.717, 1.165) is 0 Å². The molecule has 0 saturated heterocycles. The zero-order valence-corrected chi connectivity index (χ0v) is 7.04. The Bertz CT molecular complexity index is 267. The van der Waals surface area contributed by atoms with Gasteiger partial charge < -0.3 is 10.2 Å². The Labute approximate surface area is 68.9 Å². The van der Waals surface area contributed by atoms with Crippen LogP contribution in [-0.4, -0.2) is 36.3 Å². The fourth-order valence-electron chi connectivity index (χ4n) is 0.352. The number of rotatable bonds is 4. The molecule has 4 N–H and O–H groups in total. The average Bonchev–Trinajstić information content (AvgIpc) is 1.86. The van der Waals surface area contributed by atoms with Crippen molar-refractivity contribution >= 4 is 16.1 Å². The summed E-state index contributed by atoms with van der Waals surface area (Å²) in [4.78, 5) is 10.1. The van der Waals surface area contributed by atoms with Crippen LogP contribution in [0.3, 0.4) is 0 Å². The van der Waals surface area contributed by atoms with Crippen LogP contribution in [0.4, 0.5) is 0 Å². The van der Waals surface area contributed by atoms with Crippen LogP contribution in [0.15, 0.2) is 0 Å². The van der Waals surface area contributed by atoms with E-state index in [2.05, 4.69) is 9.92 Å². The molecule has 0 rings (SSSR count). The normalized spacial score (nSPS) is 16.9. The minimum atomic E-state index is -4.68. The third kappa shape index (κ3) is 1.91. The molecule has 0 aliphatic carbocycles. The minimum Gasteiger partial charge on any atom is -0.477 e. The predicted molar refractivity (Wildman–Crippen MR) is 37.3 cm³/mol. The first-order chi connectivity index (χ1) is 5.25. The van der Waals surface area contributed by atoms with E-state index in [1.54, 1.807) is 0 Å². The molecule has 1 unspecified atom stereocenters. The number of hydrogen-bond acceptors (Lipinski definition) is 6. The summed E-state index contributed by atoms with van der Waals surface area (Å²) in [6.07, 6.45) is 0. The molecule has 0 aliphatic rings. The summed E-state index contributed by atoms with van der Waals surface area (Å²) in [6.45, 7) is 1.02. The second kappa shape index (κ2) is 3.35. The number of carbonyl (C=O) groups is 1. The molecule has 0 radical (unpaired) electrons. The van der Waals surface area contributed by atoms with Crippen LogP contribution in [0, 0.1) is 0 Å². The summed E-state index contributed by atoms with van der Waals surface area (Å²) in [6, 6.07) is 0. The van der Waals surface area contributed by atoms with Gasteiger partial charge in [0, 0.05) is 0 Å². The van der Waals surface area contributed by atoms with E-state index in [0.29, 0.717) is 0 Å². The number of nitrogens with two attached hydrogens (primary N) is 1. The number of carboxylic acids is 1. The summed E-state index contributed by atoms with van der Waals surface area (Å²) >= 11 is 0. The lowest BCUT2D eigenvalue weighted by Crippen LogP contribution is -2.55. The van der Waals surface area contributed by atoms with Gasteiger partial charge >= 0.3 is 21.1 Å². The highest BCUT2D eigenvalue weighted by molar-refractivity contribution is 7.88. The van der Waals surface area contributed by atoms with Gasteiger partial charge in [0.1, 0.15) is 0 Å². The van der Waals surface area contributed by atoms with Gasteiger partial charge in [0.2, 0.25) is 0 Å². The lowest BCUT2D eigenvalue weighted by molar-refractivity contribution is -0.150. The highest BCUT2D eigenvalue weighted by Gasteiger charge is 2.47. The maximum Gasteiger partial charge on any atom is 0.370 e. The van der Waals surface area contributed by atoms with Gasteiger partial charge in [-0.25, -0.2) is 4.79 Å². The summed E-state index contributed by atoms with van der Waals surface area (Å²) in [5.41, 5.74) is 4.57. The van der Waals surface area contributed by atoms with E-state index in [4.69, 9.17) is 10.2 Å². The zero-order valence-electron chi connectivity index (χ0n) is 6.22. The van der Waals surface area contributed by atoms with Crippen molar-refractivity contribution in [1.82, 2.24) is 0 Å². The molecular formula is C4H9NO6S. The van der Waals surface area contributed by atoms with Crippen LogP contribution < -0.4 is 5.73 Å². The van der Waals surface area contributed by atoms with Gasteiger partial charge in [0.15, 0.2) is 0 Å². The highest BCUT2D eigenvalue weighted by atomic mass is 32.2. The lowest BCUT2D eigenvalue weighted by atomic mass is 10.6. The molecule has 12 heavy (non-hydrogen) atoms. The summed E-state index contributed by atoms with van der Waals surface area (Å²) in [5, 5.41) is 13.5. The smallest absolute Gasteiger partial charge is 0.370 e. The number of aliphatic hydroxyl groups is 1. The van der Waals surface area contributed by atoms with Crippen LogP contribution in [0.25, 0.3) is 0 Å². The van der Waals surface area contributed by atoms with E-state index in [1.165, 1.54) is 6.92 Å². The summed E-state index contributed by atoms with van der Waals surface area (Å²) < 4.78 is 25.4. The molecule has 0 bridgehead atoms. The molecule has 0 amide bonds. The van der Waals surface area contributed by atoms with Crippen LogP contribution >= 0.6 is 0 Å². The predicted octanol–water partition coefficient (Wildman–Crippen LogP) is -1.96. The Balaban J connectivity index is 4.90. The molecular weight excluding hydrogens is 190 g/mol. The Morgan fingerprint density at radius 2 is 2.08 bits per heavy atom. The largest absolute Gasteiger partial charge is 0.477 e. The topological polar surface area (TPSA) is 127 Å². The molecule has 1 atom stereocenters. The lowest BCUT2D eigenvalue weighted by Gasteiger charge is -2.16. The molecule has 0 heterocycles. The van der Waals surface area contributed by atoms with Crippen molar-refractivity contribution < 1.29 is 27.6 Å². The van der Waals surface area contributed by atoms with Crippen molar-refractivity contribution in [2.75, 3.05) is 6.61 Å². The van der Waals surface area contributed by atoms with Gasteiger partial charge in [-0.05, 0) is 6.92 Å². The van der Waals surface area contributed by atoms with Crippen molar-refractivity contribution in [3.05, 3.63) is 0 Å². The van der Waals surface area contributed by atoms with Gasteiger partial charge in [-0.3, -0.25) is 9.92 Å². The monoisotopic (exact) mass is 199 g/mol. The fraction of sp³-hybridized carbons (Fsp3) is 0.750. The number of carboxylic acid groups (broad SMARTS) is 1. The summed E-state index contributed by atoms with van der Waals surface area (Å²) in [7, 11) is -4.68. The van der Waals surface area contributed by atoms with E-state index in [-0.39, 0.29) is 6.61 Å². The molecule has 0 fully saturated rings. The first-order valence-electron chi connectivity index (χ1n) is 2.89. The van der Waals surface area contributed by atoms with E-state index < -0.39 is 21.1 Å². The Kier molecular flexibility index (Phi) is 3.16. The van der Waals surface area contributed by atoms with Gasteiger partial charge in [-0.15, -0.1) is 0 Å². The Morgan fingerprint density at radius 1 is 1.67 bits per heavy atom. The molecule has 8 heteroatoms. The Hall–Kier alpha value is -0.700. The van der Waals surface area contributed by atoms with E-state index >= 15 is 0 Å². The molecule has 0 aromatic rings. The second-order valence-electron chi connectivity index (χ2n) is 1.86. The first-order valence-corrected chi connectivity index (χ1v) is 4.30. The molecule has 7 nitrogen and oxygen atoms in total. The van der Waals surface area contributed by atoms with Gasteiger partial charge in [-0.1, -0.05) is 0 Å². The zero-order chi connectivity index (χ0) is 9.99. The third-order valence-electron chi connectivity index (χ3n) is 0.961. The highest BCUT2D eigenvalue weighted by Crippen LogP contribution is 2.09. The Morgan fingerprint density at radius 3 is 2.33 bits per heavy atom. The standard InChI is InChI=1S/C4H9NO6S/c1-2-11-12(9,10)4(5,8)3(6)7/h8H,2,5H2,1H3,(H,6,7). The molecule has 0 aromatic carbocycles. The van der Waals surface area contributed by atoms with Crippen LogP contribution in [-0.2, 0) is 19.1 Å². The summed E-state index contributed by atoms with van der Waals surface area (Å²) in [5.74, 6) is -2.09. The van der Waals surface area contributed by atoms with Crippen LogP contribution in [0.2, 0.25) is 0 Å². The van der Waals surface area contributed by atoms with Crippen LogP contribution in [0.5, 0.6) is 0 Å². The molecule has 0 spiro atoms. The van der Waals surface area contributed by atoms with Crippen LogP contribution in [0.1, 0.15) is 6.92 Å². The third-order valence-corrected chi connectivity index (χ3v) is 2.44. The van der Waals surface area contributed by atoms with E-state index in [1.807, 2.05) is 0 Å². The fourth-order valence-corrected chi connectivity index (χ4v) is 1.06. The minimum absolute atomic E-state index is 0.297. The molecule has 0 aliphatic heterocycles. The molecule has 0 saturated carbocycles. The maximum atomic E-state index is 10.7. The number of aliphatic carboxylic acids is 1. The number of hydrogen-bond donors (Lipinski definition) is 3. The SMILES string of the molecule is CCOS(=O)(=O)C(N)(O)C(=O)O. The van der Waals surface area contributed by atoms with Gasteiger partial charge in [0.25, 0.3) is 0 Å². The van der Waals surface area contributed by atoms with E-state index in [9.17, 15) is 13.2 Å². The quantitative estimate of drug-likeness (QED) is 0.354. The van der Waals surface area contributed by atoms with Crippen molar-refractivity contribution in [3.8, 4) is 0 Å². The molecule has 72 valence electrons.